The Bertz CT molecular complexity index is 1200. The van der Waals surface area contributed by atoms with E-state index in [1.165, 1.54) is 16.4 Å². The lowest BCUT2D eigenvalue weighted by atomic mass is 9.97. The molecule has 30 heavy (non-hydrogen) atoms. The molecule has 3 aromatic rings. The van der Waals surface area contributed by atoms with Crippen molar-refractivity contribution in [3.05, 3.63) is 72.0 Å². The predicted molar refractivity (Wildman–Crippen MR) is 115 cm³/mol. The van der Waals surface area contributed by atoms with Crippen LogP contribution in [0.1, 0.15) is 18.4 Å². The zero-order valence-corrected chi connectivity index (χ0v) is 17.5. The number of carbonyl (C=O) groups is 1. The van der Waals surface area contributed by atoms with E-state index in [0.29, 0.717) is 18.5 Å². The second-order valence-corrected chi connectivity index (χ2v) is 9.57. The standard InChI is InChI=1S/C23H23FN2O3S/c1-16-6-8-20(24)15-22(16)25-23(27)18-10-12-26(13-11-18)30(28,29)21-9-7-17-4-2-3-5-19(17)14-21/h2-9,14-15,18H,10-13H2,1H3,(H,25,27). The Hall–Kier alpha value is -2.77. The second kappa shape index (κ2) is 8.16. The lowest BCUT2D eigenvalue weighted by molar-refractivity contribution is -0.120. The van der Waals surface area contributed by atoms with Crippen molar-refractivity contribution in [2.75, 3.05) is 18.4 Å². The summed E-state index contributed by atoms with van der Waals surface area (Å²) in [6.45, 7) is 2.35. The smallest absolute Gasteiger partial charge is 0.243 e. The van der Waals surface area contributed by atoms with Crippen molar-refractivity contribution >= 4 is 32.4 Å². The van der Waals surface area contributed by atoms with Crippen molar-refractivity contribution in [2.24, 2.45) is 5.92 Å². The van der Waals surface area contributed by atoms with Gasteiger partial charge in [0, 0.05) is 24.7 Å². The summed E-state index contributed by atoms with van der Waals surface area (Å²) in [5.74, 6) is -0.922. The normalized spacial score (nSPS) is 15.9. The Kier molecular flexibility index (Phi) is 5.58. The molecule has 3 aromatic carbocycles. The molecule has 4 rings (SSSR count). The molecule has 1 aliphatic rings. The number of aryl methyl sites for hydroxylation is 1. The van der Waals surface area contributed by atoms with Crippen molar-refractivity contribution < 1.29 is 17.6 Å². The van der Waals surface area contributed by atoms with Crippen molar-refractivity contribution in [3.63, 3.8) is 0 Å². The summed E-state index contributed by atoms with van der Waals surface area (Å²) >= 11 is 0. The summed E-state index contributed by atoms with van der Waals surface area (Å²) in [4.78, 5) is 12.9. The summed E-state index contributed by atoms with van der Waals surface area (Å²) in [5.41, 5.74) is 1.23. The first-order chi connectivity index (χ1) is 14.3. The van der Waals surface area contributed by atoms with Gasteiger partial charge in [0.05, 0.1) is 4.90 Å². The fourth-order valence-electron chi connectivity index (χ4n) is 3.80. The molecule has 0 aliphatic carbocycles. The molecule has 1 N–H and O–H groups in total. The topological polar surface area (TPSA) is 66.5 Å². The molecule has 5 nitrogen and oxygen atoms in total. The summed E-state index contributed by atoms with van der Waals surface area (Å²) in [7, 11) is -3.62. The largest absolute Gasteiger partial charge is 0.326 e. The summed E-state index contributed by atoms with van der Waals surface area (Å²) in [5, 5.41) is 4.64. The predicted octanol–water partition coefficient (Wildman–Crippen LogP) is 4.33. The molecular formula is C23H23FN2O3S. The van der Waals surface area contributed by atoms with Crippen LogP contribution in [0.4, 0.5) is 10.1 Å². The molecule has 0 aromatic heterocycles. The molecule has 0 unspecified atom stereocenters. The highest BCUT2D eigenvalue weighted by Gasteiger charge is 2.32. The van der Waals surface area contributed by atoms with Gasteiger partial charge in [-0.3, -0.25) is 4.79 Å². The van der Waals surface area contributed by atoms with E-state index in [0.717, 1.165) is 16.3 Å². The zero-order chi connectivity index (χ0) is 21.3. The quantitative estimate of drug-likeness (QED) is 0.675. The molecule has 0 atom stereocenters. The van der Waals surface area contributed by atoms with E-state index in [1.54, 1.807) is 25.1 Å². The van der Waals surface area contributed by atoms with Crippen LogP contribution < -0.4 is 5.32 Å². The van der Waals surface area contributed by atoms with Gasteiger partial charge >= 0.3 is 0 Å². The summed E-state index contributed by atoms with van der Waals surface area (Å²) in [6.07, 6.45) is 0.847. The number of hydrogen-bond donors (Lipinski definition) is 1. The number of piperidine rings is 1. The van der Waals surface area contributed by atoms with Crippen LogP contribution in [0.2, 0.25) is 0 Å². The van der Waals surface area contributed by atoms with E-state index >= 15 is 0 Å². The molecular weight excluding hydrogens is 403 g/mol. The van der Waals surface area contributed by atoms with Crippen LogP contribution in [0, 0.1) is 18.7 Å². The van der Waals surface area contributed by atoms with E-state index in [2.05, 4.69) is 5.32 Å². The SMILES string of the molecule is Cc1ccc(F)cc1NC(=O)C1CCN(S(=O)(=O)c2ccc3ccccc3c2)CC1. The highest BCUT2D eigenvalue weighted by Crippen LogP contribution is 2.27. The monoisotopic (exact) mass is 426 g/mol. The van der Waals surface area contributed by atoms with Crippen molar-refractivity contribution in [1.29, 1.82) is 0 Å². The highest BCUT2D eigenvalue weighted by atomic mass is 32.2. The second-order valence-electron chi connectivity index (χ2n) is 7.64. The summed E-state index contributed by atoms with van der Waals surface area (Å²) < 4.78 is 41.0. The first kappa shape index (κ1) is 20.5. The van der Waals surface area contributed by atoms with Gasteiger partial charge in [-0.05, 0) is 60.4 Å². The van der Waals surface area contributed by atoms with Gasteiger partial charge in [0.15, 0.2) is 0 Å². The fourth-order valence-corrected chi connectivity index (χ4v) is 5.30. The van der Waals surface area contributed by atoms with Gasteiger partial charge in [-0.1, -0.05) is 36.4 Å². The number of amides is 1. The van der Waals surface area contributed by atoms with Crippen LogP contribution in [0.25, 0.3) is 10.8 Å². The minimum Gasteiger partial charge on any atom is -0.326 e. The van der Waals surface area contributed by atoms with Gasteiger partial charge in [-0.25, -0.2) is 12.8 Å². The van der Waals surface area contributed by atoms with Crippen molar-refractivity contribution in [2.45, 2.75) is 24.7 Å². The lowest BCUT2D eigenvalue weighted by Crippen LogP contribution is -2.41. The number of carbonyl (C=O) groups excluding carboxylic acids is 1. The number of halogens is 1. The van der Waals surface area contributed by atoms with Crippen LogP contribution in [0.3, 0.4) is 0 Å². The molecule has 7 heteroatoms. The van der Waals surface area contributed by atoms with Crippen LogP contribution in [-0.2, 0) is 14.8 Å². The molecule has 1 aliphatic heterocycles. The third-order valence-corrected chi connectivity index (χ3v) is 7.54. The number of nitrogens with zero attached hydrogens (tertiary/aromatic N) is 1. The van der Waals surface area contributed by atoms with Crippen LogP contribution in [0.15, 0.2) is 65.6 Å². The average Bonchev–Trinajstić information content (AvgIpc) is 2.76. The lowest BCUT2D eigenvalue weighted by Gasteiger charge is -2.30. The molecule has 0 bridgehead atoms. The first-order valence-electron chi connectivity index (χ1n) is 9.90. The maximum absolute atomic E-state index is 13.5. The maximum Gasteiger partial charge on any atom is 0.243 e. The Morgan fingerprint density at radius 1 is 1.00 bits per heavy atom. The Labute approximate surface area is 175 Å². The van der Waals surface area contributed by atoms with Crippen molar-refractivity contribution in [3.8, 4) is 0 Å². The highest BCUT2D eigenvalue weighted by molar-refractivity contribution is 7.89. The van der Waals surface area contributed by atoms with E-state index in [-0.39, 0.29) is 29.8 Å². The first-order valence-corrected chi connectivity index (χ1v) is 11.3. The minimum absolute atomic E-state index is 0.202. The third kappa shape index (κ3) is 4.08. The van der Waals surface area contributed by atoms with Gasteiger partial charge in [0.2, 0.25) is 15.9 Å². The molecule has 1 amide bonds. The number of fused-ring (bicyclic) bond motifs is 1. The third-order valence-electron chi connectivity index (χ3n) is 5.64. The molecule has 1 heterocycles. The van der Waals surface area contributed by atoms with Gasteiger partial charge in [-0.15, -0.1) is 0 Å². The fraction of sp³-hybridized carbons (Fsp3) is 0.261. The zero-order valence-electron chi connectivity index (χ0n) is 16.6. The Morgan fingerprint density at radius 3 is 2.43 bits per heavy atom. The molecule has 156 valence electrons. The van der Waals surface area contributed by atoms with Crippen molar-refractivity contribution in [1.82, 2.24) is 4.31 Å². The average molecular weight is 427 g/mol. The van der Waals surface area contributed by atoms with E-state index in [9.17, 15) is 17.6 Å². The van der Waals surface area contributed by atoms with Crippen LogP contribution >= 0.6 is 0 Å². The van der Waals surface area contributed by atoms with Gasteiger partial charge in [-0.2, -0.15) is 4.31 Å². The minimum atomic E-state index is -3.62. The van der Waals surface area contributed by atoms with Gasteiger partial charge < -0.3 is 5.32 Å². The van der Waals surface area contributed by atoms with Crippen LogP contribution in [-0.4, -0.2) is 31.7 Å². The number of rotatable bonds is 4. The number of anilines is 1. The van der Waals surface area contributed by atoms with E-state index in [1.807, 2.05) is 30.3 Å². The molecule has 1 fully saturated rings. The molecule has 0 saturated carbocycles. The number of hydrogen-bond acceptors (Lipinski definition) is 3. The number of sulfonamides is 1. The number of nitrogens with one attached hydrogen (secondary N) is 1. The van der Waals surface area contributed by atoms with Gasteiger partial charge in [0.25, 0.3) is 0 Å². The molecule has 0 spiro atoms. The van der Waals surface area contributed by atoms with Gasteiger partial charge in [0.1, 0.15) is 5.82 Å². The van der Waals surface area contributed by atoms with E-state index in [4.69, 9.17) is 0 Å². The Morgan fingerprint density at radius 2 is 1.70 bits per heavy atom. The molecule has 0 radical (unpaired) electrons. The van der Waals surface area contributed by atoms with E-state index < -0.39 is 15.8 Å². The summed E-state index contributed by atoms with van der Waals surface area (Å²) in [6, 6.07) is 17.0. The number of benzene rings is 3. The molecule has 1 saturated heterocycles. The maximum atomic E-state index is 13.5. The van der Waals surface area contributed by atoms with Crippen LogP contribution in [0.5, 0.6) is 0 Å². The Balaban J connectivity index is 1.44.